The van der Waals surface area contributed by atoms with Gasteiger partial charge in [0.25, 0.3) is 5.91 Å². The molecule has 0 spiro atoms. The smallest absolute Gasteiger partial charge is 0.330 e. The number of esters is 1. The second-order valence-electron chi connectivity index (χ2n) is 11.5. The van der Waals surface area contributed by atoms with Crippen molar-refractivity contribution in [3.8, 4) is 0 Å². The Morgan fingerprint density at radius 1 is 0.800 bits per heavy atom. The Morgan fingerprint density at radius 2 is 1.30 bits per heavy atom. The van der Waals surface area contributed by atoms with Crippen LogP contribution in [0.1, 0.15) is 59.1 Å². The summed E-state index contributed by atoms with van der Waals surface area (Å²) < 4.78 is 5.41. The average molecular weight is 537 g/mol. The molecule has 1 heterocycles. The van der Waals surface area contributed by atoms with E-state index in [1.807, 2.05) is 74.5 Å². The van der Waals surface area contributed by atoms with Gasteiger partial charge in [0.15, 0.2) is 6.61 Å². The third kappa shape index (κ3) is 3.95. The van der Waals surface area contributed by atoms with E-state index in [1.165, 1.54) is 0 Å². The Bertz CT molecular complexity index is 1440. The van der Waals surface area contributed by atoms with E-state index < -0.39 is 42.3 Å². The standard InChI is InChI=1S/C33H32N2O5/c1-17(2)30(33(39)40-16-25(36)34-20-14-13-18(3)19(4)15-20)35-31(37)28-26-21-9-5-6-10-22(21)27(29(28)32(35)38)24-12-8-7-11-23(24)26/h5-15,17,26-30H,16H2,1-4H3,(H,34,36)/t26?,27?,28-,29+,30-/m1/s1. The fourth-order valence-electron chi connectivity index (χ4n) is 6.89. The molecule has 3 aromatic rings. The Morgan fingerprint density at radius 3 is 1.75 bits per heavy atom. The zero-order valence-corrected chi connectivity index (χ0v) is 23.0. The van der Waals surface area contributed by atoms with Gasteiger partial charge >= 0.3 is 5.97 Å². The van der Waals surface area contributed by atoms with Crippen LogP contribution in [0.25, 0.3) is 0 Å². The van der Waals surface area contributed by atoms with Crippen LogP contribution in [0.3, 0.4) is 0 Å². The highest BCUT2D eigenvalue weighted by Gasteiger charge is 2.63. The van der Waals surface area contributed by atoms with Crippen molar-refractivity contribution in [1.82, 2.24) is 4.90 Å². The molecule has 3 amide bonds. The molecule has 1 fully saturated rings. The van der Waals surface area contributed by atoms with E-state index in [0.29, 0.717) is 5.69 Å². The summed E-state index contributed by atoms with van der Waals surface area (Å²) in [5.74, 6) is -4.00. The van der Waals surface area contributed by atoms with E-state index in [4.69, 9.17) is 4.74 Å². The highest BCUT2D eigenvalue weighted by Crippen LogP contribution is 2.61. The van der Waals surface area contributed by atoms with E-state index in [0.717, 1.165) is 38.3 Å². The lowest BCUT2D eigenvalue weighted by molar-refractivity contribution is -0.162. The molecule has 3 atom stereocenters. The first-order valence-corrected chi connectivity index (χ1v) is 13.8. The molecule has 1 N–H and O–H groups in total. The van der Waals surface area contributed by atoms with Crippen LogP contribution in [0, 0.1) is 31.6 Å². The number of rotatable bonds is 6. The van der Waals surface area contributed by atoms with Gasteiger partial charge in [-0.1, -0.05) is 68.4 Å². The van der Waals surface area contributed by atoms with Gasteiger partial charge < -0.3 is 10.1 Å². The molecule has 1 saturated heterocycles. The molecular formula is C33H32N2O5. The average Bonchev–Trinajstić information content (AvgIpc) is 3.20. The van der Waals surface area contributed by atoms with E-state index in [-0.39, 0.29) is 23.7 Å². The van der Waals surface area contributed by atoms with Gasteiger partial charge in [0.1, 0.15) is 6.04 Å². The van der Waals surface area contributed by atoms with E-state index >= 15 is 0 Å². The van der Waals surface area contributed by atoms with Crippen LogP contribution in [-0.4, -0.2) is 41.2 Å². The fraction of sp³-hybridized carbons (Fsp3) is 0.333. The molecule has 7 heteroatoms. The van der Waals surface area contributed by atoms with Crippen LogP contribution in [-0.2, 0) is 23.9 Å². The summed E-state index contributed by atoms with van der Waals surface area (Å²) in [6.45, 7) is 6.97. The van der Waals surface area contributed by atoms with Gasteiger partial charge in [0.2, 0.25) is 11.8 Å². The lowest BCUT2D eigenvalue weighted by atomic mass is 9.55. The van der Waals surface area contributed by atoms with Crippen molar-refractivity contribution in [1.29, 1.82) is 0 Å². The Kier molecular flexibility index (Phi) is 6.32. The number of nitrogens with zero attached hydrogens (tertiary/aromatic N) is 1. The zero-order chi connectivity index (χ0) is 28.3. The summed E-state index contributed by atoms with van der Waals surface area (Å²) in [4.78, 5) is 55.2. The minimum absolute atomic E-state index is 0.253. The summed E-state index contributed by atoms with van der Waals surface area (Å²) in [5, 5.41) is 2.74. The molecule has 4 aliphatic rings. The summed E-state index contributed by atoms with van der Waals surface area (Å²) in [6, 6.07) is 20.5. The highest BCUT2D eigenvalue weighted by atomic mass is 16.5. The largest absolute Gasteiger partial charge is 0.454 e. The molecule has 1 aliphatic heterocycles. The van der Waals surface area contributed by atoms with Crippen LogP contribution in [0.15, 0.2) is 66.7 Å². The number of hydrogen-bond donors (Lipinski definition) is 1. The van der Waals surface area contributed by atoms with Crippen molar-refractivity contribution in [3.63, 3.8) is 0 Å². The number of nitrogens with one attached hydrogen (secondary N) is 1. The predicted octanol–water partition coefficient (Wildman–Crippen LogP) is 4.70. The lowest BCUT2D eigenvalue weighted by Gasteiger charge is -2.45. The Balaban J connectivity index is 1.25. The first kappa shape index (κ1) is 26.0. The number of anilines is 1. The van der Waals surface area contributed by atoms with Crippen molar-refractivity contribution in [2.75, 3.05) is 11.9 Å². The molecule has 0 unspecified atom stereocenters. The van der Waals surface area contributed by atoms with Crippen molar-refractivity contribution in [3.05, 3.63) is 100 Å². The normalized spacial score (nSPS) is 23.0. The molecular weight excluding hydrogens is 504 g/mol. The third-order valence-electron chi connectivity index (χ3n) is 8.77. The first-order valence-electron chi connectivity index (χ1n) is 13.8. The van der Waals surface area contributed by atoms with Crippen molar-refractivity contribution in [2.45, 2.75) is 45.6 Å². The van der Waals surface area contributed by atoms with Crippen LogP contribution in [0.2, 0.25) is 0 Å². The zero-order valence-electron chi connectivity index (χ0n) is 23.0. The van der Waals surface area contributed by atoms with Crippen molar-refractivity contribution >= 4 is 29.4 Å². The number of carbonyl (C=O) groups excluding carboxylic acids is 4. The van der Waals surface area contributed by atoms with Gasteiger partial charge in [-0.2, -0.15) is 0 Å². The number of ether oxygens (including phenoxy) is 1. The number of likely N-dealkylation sites (tertiary alicyclic amines) is 1. The highest BCUT2D eigenvalue weighted by molar-refractivity contribution is 6.10. The molecule has 2 bridgehead atoms. The monoisotopic (exact) mass is 536 g/mol. The minimum Gasteiger partial charge on any atom is -0.454 e. The number of imide groups is 1. The molecule has 7 nitrogen and oxygen atoms in total. The maximum absolute atomic E-state index is 14.1. The van der Waals surface area contributed by atoms with Crippen molar-refractivity contribution < 1.29 is 23.9 Å². The number of hydrogen-bond acceptors (Lipinski definition) is 5. The number of carbonyl (C=O) groups is 4. The van der Waals surface area contributed by atoms with Gasteiger partial charge in [-0.15, -0.1) is 0 Å². The predicted molar refractivity (Wildman–Crippen MR) is 150 cm³/mol. The SMILES string of the molecule is Cc1ccc(NC(=O)COC(=O)[C@@H](C(C)C)N2C(=O)[C@@H]3C4c5ccccc5C(c5ccccc54)[C@@H]3C2=O)cc1C. The maximum Gasteiger partial charge on any atom is 0.330 e. The maximum atomic E-state index is 14.1. The molecule has 3 aliphatic carbocycles. The quantitative estimate of drug-likeness (QED) is 0.364. The lowest BCUT2D eigenvalue weighted by Crippen LogP contribution is -2.49. The van der Waals surface area contributed by atoms with Crippen LogP contribution < -0.4 is 5.32 Å². The van der Waals surface area contributed by atoms with Gasteiger partial charge in [-0.05, 0) is 65.3 Å². The molecule has 40 heavy (non-hydrogen) atoms. The van der Waals surface area contributed by atoms with Gasteiger partial charge in [-0.3, -0.25) is 19.3 Å². The summed E-state index contributed by atoms with van der Waals surface area (Å²) in [6.07, 6.45) is 0. The van der Waals surface area contributed by atoms with Crippen molar-refractivity contribution in [2.24, 2.45) is 17.8 Å². The number of benzene rings is 3. The fourth-order valence-corrected chi connectivity index (χ4v) is 6.89. The summed E-state index contributed by atoms with van der Waals surface area (Å²) >= 11 is 0. The Labute approximate surface area is 233 Å². The Hall–Kier alpha value is -4.26. The second kappa shape index (κ2) is 9.73. The molecule has 0 saturated carbocycles. The molecule has 0 aromatic heterocycles. The van der Waals surface area contributed by atoms with Gasteiger partial charge in [0, 0.05) is 17.5 Å². The first-order chi connectivity index (χ1) is 19.2. The topological polar surface area (TPSA) is 92.8 Å². The van der Waals surface area contributed by atoms with E-state index in [1.54, 1.807) is 19.9 Å². The third-order valence-corrected chi connectivity index (χ3v) is 8.77. The minimum atomic E-state index is -1.12. The van der Waals surface area contributed by atoms with E-state index in [9.17, 15) is 19.2 Å². The van der Waals surface area contributed by atoms with Crippen LogP contribution in [0.5, 0.6) is 0 Å². The molecule has 0 radical (unpaired) electrons. The van der Waals surface area contributed by atoms with Crippen LogP contribution >= 0.6 is 0 Å². The van der Waals surface area contributed by atoms with E-state index in [2.05, 4.69) is 5.32 Å². The molecule has 3 aromatic carbocycles. The second-order valence-corrected chi connectivity index (χ2v) is 11.5. The molecule has 204 valence electrons. The van der Waals surface area contributed by atoms with Gasteiger partial charge in [0.05, 0.1) is 11.8 Å². The number of aryl methyl sites for hydroxylation is 2. The summed E-state index contributed by atoms with van der Waals surface area (Å²) in [5.41, 5.74) is 7.02. The van der Waals surface area contributed by atoms with Crippen LogP contribution in [0.4, 0.5) is 5.69 Å². The summed E-state index contributed by atoms with van der Waals surface area (Å²) in [7, 11) is 0. The number of amides is 3. The van der Waals surface area contributed by atoms with Gasteiger partial charge in [-0.25, -0.2) is 4.79 Å². The molecule has 7 rings (SSSR count).